The van der Waals surface area contributed by atoms with Gasteiger partial charge in [-0.3, -0.25) is 0 Å². The molecule has 0 bridgehead atoms. The van der Waals surface area contributed by atoms with Crippen LogP contribution in [0.15, 0.2) is 0 Å². The third kappa shape index (κ3) is 5.11. The van der Waals surface area contributed by atoms with E-state index in [1.54, 1.807) is 0 Å². The van der Waals surface area contributed by atoms with Crippen molar-refractivity contribution < 1.29 is 52.7 Å². The van der Waals surface area contributed by atoms with Crippen LogP contribution in [0.4, 0.5) is 52.7 Å². The van der Waals surface area contributed by atoms with E-state index in [9.17, 15) is 52.7 Å². The predicted octanol–water partition coefficient (Wildman–Crippen LogP) is 6.27. The van der Waals surface area contributed by atoms with Crippen molar-refractivity contribution in [3.05, 3.63) is 0 Å². The largest absolute Gasteiger partial charge is 0.421 e. The molecule has 0 saturated carbocycles. The SMILES string of the molecule is CC(C)(C)C.FC(F)(F)C(C(F)(F)F)(C(F)(F)F)C(F)(F)F. The van der Waals surface area contributed by atoms with Crippen molar-refractivity contribution in [3.8, 4) is 0 Å². The highest BCUT2D eigenvalue weighted by atomic mass is 19.4. The van der Waals surface area contributed by atoms with E-state index < -0.39 is 30.1 Å². The van der Waals surface area contributed by atoms with E-state index in [1.165, 1.54) is 0 Å². The van der Waals surface area contributed by atoms with Crippen molar-refractivity contribution in [3.63, 3.8) is 0 Å². The maximum Gasteiger partial charge on any atom is 0.421 e. The molecule has 0 rings (SSSR count). The number of hydrogen-bond acceptors (Lipinski definition) is 0. The van der Waals surface area contributed by atoms with Gasteiger partial charge in [-0.2, -0.15) is 52.7 Å². The molecule has 0 nitrogen and oxygen atoms in total. The van der Waals surface area contributed by atoms with Crippen molar-refractivity contribution in [1.82, 2.24) is 0 Å². The first kappa shape index (κ1) is 23.4. The lowest BCUT2D eigenvalue weighted by molar-refractivity contribution is -0.496. The lowest BCUT2D eigenvalue weighted by Gasteiger charge is -2.39. The molecule has 0 heterocycles. The smallest absolute Gasteiger partial charge is 0.169 e. The van der Waals surface area contributed by atoms with Crippen molar-refractivity contribution in [2.24, 2.45) is 10.8 Å². The van der Waals surface area contributed by atoms with Crippen LogP contribution in [0.2, 0.25) is 0 Å². The highest BCUT2D eigenvalue weighted by Gasteiger charge is 2.94. The molecule has 0 atom stereocenters. The van der Waals surface area contributed by atoms with Crippen molar-refractivity contribution in [1.29, 1.82) is 0 Å². The zero-order valence-electron chi connectivity index (χ0n) is 11.5. The molecule has 136 valence electrons. The Morgan fingerprint density at radius 1 is 0.364 bits per heavy atom. The minimum atomic E-state index is -7.75. The molecule has 0 amide bonds. The molecular weight excluding hydrogens is 348 g/mol. The summed E-state index contributed by atoms with van der Waals surface area (Å²) in [6, 6.07) is 0. The summed E-state index contributed by atoms with van der Waals surface area (Å²) < 4.78 is 140. The second-order valence-corrected chi connectivity index (χ2v) is 5.74. The van der Waals surface area contributed by atoms with Gasteiger partial charge in [0, 0.05) is 0 Å². The van der Waals surface area contributed by atoms with Crippen molar-refractivity contribution in [2.75, 3.05) is 0 Å². The minimum absolute atomic E-state index is 0.500. The summed E-state index contributed by atoms with van der Waals surface area (Å²) in [6.07, 6.45) is -30.4. The Hall–Kier alpha value is -0.840. The van der Waals surface area contributed by atoms with Gasteiger partial charge in [-0.15, -0.1) is 0 Å². The Kier molecular flexibility index (Phi) is 6.37. The molecule has 0 spiro atoms. The molecule has 0 aromatic rings. The quantitative estimate of drug-likeness (QED) is 0.447. The van der Waals surface area contributed by atoms with Gasteiger partial charge in [0.1, 0.15) is 0 Å². The van der Waals surface area contributed by atoms with Crippen LogP contribution in [0.25, 0.3) is 0 Å². The zero-order valence-corrected chi connectivity index (χ0v) is 11.5. The van der Waals surface area contributed by atoms with Gasteiger partial charge in [-0.1, -0.05) is 27.7 Å². The molecule has 0 aromatic carbocycles. The highest BCUT2D eigenvalue weighted by molar-refractivity contribution is 5.04. The van der Waals surface area contributed by atoms with Crippen LogP contribution in [-0.2, 0) is 0 Å². The average Bonchev–Trinajstić information content (AvgIpc) is 1.83. The fraction of sp³-hybridized carbons (Fsp3) is 1.00. The van der Waals surface area contributed by atoms with E-state index in [0.29, 0.717) is 5.41 Å². The molecule has 0 aliphatic heterocycles. The first-order valence-electron chi connectivity index (χ1n) is 5.27. The molecule has 0 radical (unpaired) electrons. The monoisotopic (exact) mass is 360 g/mol. The van der Waals surface area contributed by atoms with E-state index in [1.807, 2.05) is 0 Å². The predicted molar refractivity (Wildman–Crippen MR) is 51.8 cm³/mol. The molecule has 0 saturated heterocycles. The summed E-state index contributed by atoms with van der Waals surface area (Å²) in [6.45, 7) is 8.75. The van der Waals surface area contributed by atoms with Gasteiger partial charge in [0.25, 0.3) is 0 Å². The first-order chi connectivity index (χ1) is 9.00. The molecule has 0 aliphatic carbocycles. The third-order valence-electron chi connectivity index (χ3n) is 1.70. The minimum Gasteiger partial charge on any atom is -0.169 e. The van der Waals surface area contributed by atoms with Crippen LogP contribution in [0.1, 0.15) is 27.7 Å². The van der Waals surface area contributed by atoms with Crippen molar-refractivity contribution in [2.45, 2.75) is 52.4 Å². The average molecular weight is 360 g/mol. The Morgan fingerprint density at radius 2 is 0.455 bits per heavy atom. The summed E-state index contributed by atoms with van der Waals surface area (Å²) in [5.41, 5.74) is -7.25. The topological polar surface area (TPSA) is 0 Å². The maximum absolute atomic E-state index is 11.7. The van der Waals surface area contributed by atoms with Crippen LogP contribution in [0.5, 0.6) is 0 Å². The van der Waals surface area contributed by atoms with E-state index in [2.05, 4.69) is 27.7 Å². The van der Waals surface area contributed by atoms with Gasteiger partial charge in [-0.05, 0) is 5.41 Å². The van der Waals surface area contributed by atoms with Crippen LogP contribution in [0.3, 0.4) is 0 Å². The Balaban J connectivity index is 0. The van der Waals surface area contributed by atoms with Crippen LogP contribution >= 0.6 is 0 Å². The third-order valence-corrected chi connectivity index (χ3v) is 1.70. The normalized spacial score (nSPS) is 15.3. The summed E-state index contributed by atoms with van der Waals surface area (Å²) >= 11 is 0. The second-order valence-electron chi connectivity index (χ2n) is 5.74. The summed E-state index contributed by atoms with van der Waals surface area (Å²) in [5.74, 6) is 0. The summed E-state index contributed by atoms with van der Waals surface area (Å²) in [7, 11) is 0. The Labute approximate surface area is 117 Å². The molecule has 22 heavy (non-hydrogen) atoms. The molecule has 12 heteroatoms. The molecule has 0 unspecified atom stereocenters. The van der Waals surface area contributed by atoms with E-state index in [-0.39, 0.29) is 0 Å². The molecular formula is C10H12F12. The van der Waals surface area contributed by atoms with E-state index in [4.69, 9.17) is 0 Å². The lowest BCUT2D eigenvalue weighted by Crippen LogP contribution is -2.67. The van der Waals surface area contributed by atoms with Gasteiger partial charge in [0.15, 0.2) is 0 Å². The van der Waals surface area contributed by atoms with E-state index >= 15 is 0 Å². The Bertz CT molecular complexity index is 277. The Morgan fingerprint density at radius 3 is 0.455 bits per heavy atom. The number of rotatable bonds is 0. The number of hydrogen-bond donors (Lipinski definition) is 0. The summed E-state index contributed by atoms with van der Waals surface area (Å²) in [5, 5.41) is 0. The first-order valence-corrected chi connectivity index (χ1v) is 5.27. The lowest BCUT2D eigenvalue weighted by atomic mass is 9.84. The van der Waals surface area contributed by atoms with Crippen molar-refractivity contribution >= 4 is 0 Å². The van der Waals surface area contributed by atoms with Gasteiger partial charge in [0.2, 0.25) is 0 Å². The number of halogens is 12. The van der Waals surface area contributed by atoms with Crippen LogP contribution < -0.4 is 0 Å². The molecule has 0 fully saturated rings. The standard InChI is InChI=1S/C5F12.C5H12/c6-2(7,8)1(3(9,10)11,4(12,13)14)5(15,16)17;1-5(2,3)4/h;1-4H3. The fourth-order valence-electron chi connectivity index (χ4n) is 0.964. The molecule has 0 N–H and O–H groups in total. The molecule has 0 aliphatic rings. The second kappa shape index (κ2) is 5.99. The van der Waals surface area contributed by atoms with Gasteiger partial charge >= 0.3 is 30.1 Å². The van der Waals surface area contributed by atoms with Crippen LogP contribution in [0, 0.1) is 10.8 Å². The number of alkyl halides is 12. The van der Waals surface area contributed by atoms with Crippen LogP contribution in [-0.4, -0.2) is 24.7 Å². The van der Waals surface area contributed by atoms with Gasteiger partial charge in [0.05, 0.1) is 0 Å². The fourth-order valence-corrected chi connectivity index (χ4v) is 0.964. The summed E-state index contributed by atoms with van der Waals surface area (Å²) in [4.78, 5) is 0. The van der Waals surface area contributed by atoms with Gasteiger partial charge < -0.3 is 0 Å². The molecule has 0 aromatic heterocycles. The van der Waals surface area contributed by atoms with E-state index in [0.717, 1.165) is 0 Å². The maximum atomic E-state index is 11.7. The van der Waals surface area contributed by atoms with Gasteiger partial charge in [-0.25, -0.2) is 0 Å². The highest BCUT2D eigenvalue weighted by Crippen LogP contribution is 2.66. The zero-order chi connectivity index (χ0) is 19.0.